The van der Waals surface area contributed by atoms with E-state index in [0.717, 1.165) is 16.4 Å². The Balaban J connectivity index is 1.55. The second-order valence-electron chi connectivity index (χ2n) is 4.75. The van der Waals surface area contributed by atoms with E-state index in [2.05, 4.69) is 10.3 Å². The Morgan fingerprint density at radius 3 is 3.25 bits per heavy atom. The van der Waals surface area contributed by atoms with Crippen LogP contribution in [0.2, 0.25) is 0 Å². The molecule has 0 saturated carbocycles. The maximum atomic E-state index is 12.0. The average molecular weight is 289 g/mol. The van der Waals surface area contributed by atoms with Gasteiger partial charge in [0.2, 0.25) is 5.91 Å². The van der Waals surface area contributed by atoms with Crippen molar-refractivity contribution in [3.8, 4) is 0 Å². The monoisotopic (exact) mass is 289 g/mol. The molecular formula is C14H15N3O2S. The van der Waals surface area contributed by atoms with Gasteiger partial charge in [0.25, 0.3) is 0 Å². The molecule has 1 atom stereocenters. The Kier molecular flexibility index (Phi) is 3.56. The largest absolute Gasteiger partial charge is 0.469 e. The third-order valence-corrected chi connectivity index (χ3v) is 3.75. The average Bonchev–Trinajstić information content (AvgIpc) is 3.04. The van der Waals surface area contributed by atoms with Crippen LogP contribution in [0.25, 0.3) is 4.96 Å². The number of hydrogen-bond acceptors (Lipinski definition) is 4. The first-order valence-electron chi connectivity index (χ1n) is 6.43. The van der Waals surface area contributed by atoms with Crippen molar-refractivity contribution in [2.24, 2.45) is 0 Å². The molecule has 0 aromatic carbocycles. The summed E-state index contributed by atoms with van der Waals surface area (Å²) in [6, 6.07) is 3.80. The molecule has 3 aromatic heterocycles. The van der Waals surface area contributed by atoms with Gasteiger partial charge in [0.15, 0.2) is 4.96 Å². The second-order valence-corrected chi connectivity index (χ2v) is 5.63. The fourth-order valence-corrected chi connectivity index (χ4v) is 2.85. The van der Waals surface area contributed by atoms with Crippen LogP contribution in [0.5, 0.6) is 0 Å². The van der Waals surface area contributed by atoms with Gasteiger partial charge in [0, 0.05) is 30.2 Å². The fraction of sp³-hybridized carbons (Fsp3) is 0.286. The number of nitrogens with one attached hydrogen (secondary N) is 1. The molecule has 0 aliphatic rings. The number of amides is 1. The van der Waals surface area contributed by atoms with Crippen molar-refractivity contribution in [3.63, 3.8) is 0 Å². The normalized spacial score (nSPS) is 12.7. The van der Waals surface area contributed by atoms with Crippen molar-refractivity contribution in [3.05, 3.63) is 47.6 Å². The van der Waals surface area contributed by atoms with Gasteiger partial charge in [-0.25, -0.2) is 4.98 Å². The van der Waals surface area contributed by atoms with Crippen LogP contribution in [0, 0.1) is 0 Å². The summed E-state index contributed by atoms with van der Waals surface area (Å²) in [5.41, 5.74) is 0.791. The van der Waals surface area contributed by atoms with E-state index in [1.807, 2.05) is 41.2 Å². The molecule has 104 valence electrons. The quantitative estimate of drug-likeness (QED) is 0.784. The summed E-state index contributed by atoms with van der Waals surface area (Å²) < 4.78 is 7.20. The predicted molar refractivity (Wildman–Crippen MR) is 76.8 cm³/mol. The molecule has 20 heavy (non-hydrogen) atoms. The highest BCUT2D eigenvalue weighted by Crippen LogP contribution is 2.11. The summed E-state index contributed by atoms with van der Waals surface area (Å²) in [4.78, 5) is 17.3. The maximum absolute atomic E-state index is 12.0. The Hall–Kier alpha value is -2.08. The maximum Gasteiger partial charge on any atom is 0.226 e. The van der Waals surface area contributed by atoms with E-state index < -0.39 is 0 Å². The number of aromatic nitrogens is 2. The SMILES string of the molecule is CC(Cc1ccco1)NC(=O)Cc1cn2ccsc2n1. The van der Waals surface area contributed by atoms with Crippen LogP contribution in [0.1, 0.15) is 18.4 Å². The van der Waals surface area contributed by atoms with Crippen molar-refractivity contribution in [2.75, 3.05) is 0 Å². The van der Waals surface area contributed by atoms with Crippen molar-refractivity contribution in [1.82, 2.24) is 14.7 Å². The lowest BCUT2D eigenvalue weighted by molar-refractivity contribution is -0.121. The number of fused-ring (bicyclic) bond motifs is 1. The van der Waals surface area contributed by atoms with Crippen LogP contribution in [0.3, 0.4) is 0 Å². The van der Waals surface area contributed by atoms with Gasteiger partial charge < -0.3 is 9.73 Å². The van der Waals surface area contributed by atoms with E-state index in [4.69, 9.17) is 4.42 Å². The van der Waals surface area contributed by atoms with Crippen molar-refractivity contribution < 1.29 is 9.21 Å². The Morgan fingerprint density at radius 1 is 1.60 bits per heavy atom. The van der Waals surface area contributed by atoms with Crippen LogP contribution < -0.4 is 5.32 Å². The van der Waals surface area contributed by atoms with Crippen LogP contribution in [-0.2, 0) is 17.6 Å². The molecule has 5 nitrogen and oxygen atoms in total. The van der Waals surface area contributed by atoms with E-state index in [1.165, 1.54) is 0 Å². The lowest BCUT2D eigenvalue weighted by Crippen LogP contribution is -2.35. The van der Waals surface area contributed by atoms with E-state index in [9.17, 15) is 4.79 Å². The zero-order chi connectivity index (χ0) is 13.9. The molecule has 0 bridgehead atoms. The first kappa shape index (κ1) is 12.9. The molecule has 3 aromatic rings. The summed E-state index contributed by atoms with van der Waals surface area (Å²) >= 11 is 1.56. The molecule has 0 spiro atoms. The van der Waals surface area contributed by atoms with Crippen LogP contribution in [0.4, 0.5) is 0 Å². The predicted octanol–water partition coefficient (Wildman–Crippen LogP) is 2.28. The van der Waals surface area contributed by atoms with E-state index in [0.29, 0.717) is 12.8 Å². The Bertz CT molecular complexity index is 670. The summed E-state index contributed by atoms with van der Waals surface area (Å²) in [5.74, 6) is 0.857. The molecule has 0 fully saturated rings. The molecule has 0 aliphatic heterocycles. The van der Waals surface area contributed by atoms with Crippen LogP contribution in [-0.4, -0.2) is 21.3 Å². The lowest BCUT2D eigenvalue weighted by atomic mass is 10.2. The van der Waals surface area contributed by atoms with Gasteiger partial charge >= 0.3 is 0 Å². The molecule has 1 amide bonds. The molecule has 0 radical (unpaired) electrons. The first-order valence-corrected chi connectivity index (χ1v) is 7.31. The highest BCUT2D eigenvalue weighted by molar-refractivity contribution is 7.15. The standard InChI is InChI=1S/C14H15N3O2S/c1-10(7-12-3-2-5-19-12)15-13(18)8-11-9-17-4-6-20-14(17)16-11/h2-6,9-10H,7-8H2,1H3,(H,15,18). The Labute approximate surface area is 120 Å². The van der Waals surface area contributed by atoms with Gasteiger partial charge in [-0.2, -0.15) is 0 Å². The molecule has 0 saturated heterocycles. The number of thiazole rings is 1. The summed E-state index contributed by atoms with van der Waals surface area (Å²) in [7, 11) is 0. The highest BCUT2D eigenvalue weighted by atomic mass is 32.1. The van der Waals surface area contributed by atoms with E-state index in [1.54, 1.807) is 17.6 Å². The molecule has 1 unspecified atom stereocenters. The molecular weight excluding hydrogens is 274 g/mol. The third kappa shape index (κ3) is 2.91. The topological polar surface area (TPSA) is 59.5 Å². The molecule has 3 heterocycles. The van der Waals surface area contributed by atoms with Crippen molar-refractivity contribution >= 4 is 22.2 Å². The minimum absolute atomic E-state index is 0.0187. The third-order valence-electron chi connectivity index (χ3n) is 2.98. The Morgan fingerprint density at radius 2 is 2.50 bits per heavy atom. The molecule has 6 heteroatoms. The molecule has 1 N–H and O–H groups in total. The zero-order valence-corrected chi connectivity index (χ0v) is 11.9. The van der Waals surface area contributed by atoms with Crippen molar-refractivity contribution in [1.29, 1.82) is 0 Å². The van der Waals surface area contributed by atoms with Crippen molar-refractivity contribution in [2.45, 2.75) is 25.8 Å². The van der Waals surface area contributed by atoms with Gasteiger partial charge in [-0.15, -0.1) is 11.3 Å². The van der Waals surface area contributed by atoms with Gasteiger partial charge in [-0.05, 0) is 19.1 Å². The number of imidazole rings is 1. The minimum atomic E-state index is -0.0187. The smallest absolute Gasteiger partial charge is 0.226 e. The molecule has 0 aliphatic carbocycles. The second kappa shape index (κ2) is 5.50. The number of carbonyl (C=O) groups excluding carboxylic acids is 1. The fourth-order valence-electron chi connectivity index (χ4n) is 2.13. The first-order chi connectivity index (χ1) is 9.70. The number of rotatable bonds is 5. The number of carbonyl (C=O) groups is 1. The van der Waals surface area contributed by atoms with Gasteiger partial charge in [0.05, 0.1) is 18.4 Å². The van der Waals surface area contributed by atoms with Crippen LogP contribution in [0.15, 0.2) is 40.6 Å². The number of furan rings is 1. The van der Waals surface area contributed by atoms with Gasteiger partial charge in [-0.3, -0.25) is 9.20 Å². The number of hydrogen-bond donors (Lipinski definition) is 1. The zero-order valence-electron chi connectivity index (χ0n) is 11.1. The summed E-state index contributed by atoms with van der Waals surface area (Å²) in [6.07, 6.45) is 6.46. The van der Waals surface area contributed by atoms with E-state index >= 15 is 0 Å². The molecule has 3 rings (SSSR count). The highest BCUT2D eigenvalue weighted by Gasteiger charge is 2.12. The van der Waals surface area contributed by atoms with Crippen LogP contribution >= 0.6 is 11.3 Å². The summed E-state index contributed by atoms with van der Waals surface area (Å²) in [5, 5.41) is 4.93. The number of nitrogens with zero attached hydrogens (tertiary/aromatic N) is 2. The lowest BCUT2D eigenvalue weighted by Gasteiger charge is -2.11. The van der Waals surface area contributed by atoms with Gasteiger partial charge in [0.1, 0.15) is 5.76 Å². The minimum Gasteiger partial charge on any atom is -0.469 e. The van der Waals surface area contributed by atoms with Gasteiger partial charge in [-0.1, -0.05) is 0 Å². The summed E-state index contributed by atoms with van der Waals surface area (Å²) in [6.45, 7) is 1.96. The van der Waals surface area contributed by atoms with E-state index in [-0.39, 0.29) is 11.9 Å².